The van der Waals surface area contributed by atoms with Crippen molar-refractivity contribution in [3.05, 3.63) is 35.9 Å². The molecule has 0 bridgehead atoms. The average Bonchev–Trinajstić information content (AvgIpc) is 2.92. The molecule has 0 aromatic heterocycles. The topological polar surface area (TPSA) is 82.1 Å². The zero-order valence-corrected chi connectivity index (χ0v) is 11.7. The zero-order valence-electron chi connectivity index (χ0n) is 10.9. The Morgan fingerprint density at radius 2 is 1.85 bits per heavy atom. The maximum Gasteiger partial charge on any atom is 0.264 e. The molecule has 1 aliphatic heterocycles. The van der Waals surface area contributed by atoms with Gasteiger partial charge in [-0.3, -0.25) is 4.18 Å². The van der Waals surface area contributed by atoms with Crippen molar-refractivity contribution in [3.8, 4) is 0 Å². The molecule has 5 atom stereocenters. The summed E-state index contributed by atoms with van der Waals surface area (Å²) in [5.74, 6) is 0. The third kappa shape index (κ3) is 2.72. The minimum absolute atomic E-state index is 0.184. The predicted molar refractivity (Wildman–Crippen MR) is 69.3 cm³/mol. The van der Waals surface area contributed by atoms with E-state index in [1.165, 1.54) is 0 Å². The second-order valence-corrected chi connectivity index (χ2v) is 6.69. The summed E-state index contributed by atoms with van der Waals surface area (Å²) in [6.07, 6.45) is -2.08. The van der Waals surface area contributed by atoms with Gasteiger partial charge in [0.2, 0.25) is 0 Å². The fourth-order valence-corrected chi connectivity index (χ4v) is 3.31. The van der Waals surface area contributed by atoms with Gasteiger partial charge in [-0.2, -0.15) is 8.42 Å². The van der Waals surface area contributed by atoms with Crippen molar-refractivity contribution in [2.24, 2.45) is 0 Å². The van der Waals surface area contributed by atoms with E-state index in [0.29, 0.717) is 0 Å². The van der Waals surface area contributed by atoms with Gasteiger partial charge in [-0.15, -0.1) is 0 Å². The van der Waals surface area contributed by atoms with Gasteiger partial charge in [-0.1, -0.05) is 30.3 Å². The van der Waals surface area contributed by atoms with Gasteiger partial charge in [0.05, 0.1) is 12.4 Å². The van der Waals surface area contributed by atoms with Gasteiger partial charge in [0, 0.05) is 12.0 Å². The van der Waals surface area contributed by atoms with E-state index < -0.39 is 40.8 Å². The molecule has 1 saturated heterocycles. The molecule has 1 saturated carbocycles. The van der Waals surface area contributed by atoms with Crippen molar-refractivity contribution in [2.75, 3.05) is 6.26 Å². The van der Waals surface area contributed by atoms with E-state index in [1.54, 1.807) is 0 Å². The lowest BCUT2D eigenvalue weighted by Gasteiger charge is -2.17. The SMILES string of the molecule is CS(=O)(=O)O[C@@H]1C[C@H](O)[C@H]2O[C@H](c3ccccc3)O[C@H]21. The van der Waals surface area contributed by atoms with Crippen LogP contribution < -0.4 is 0 Å². The Hall–Kier alpha value is -0.990. The molecule has 7 heteroatoms. The van der Waals surface area contributed by atoms with Crippen LogP contribution in [0.1, 0.15) is 18.3 Å². The number of ether oxygens (including phenoxy) is 2. The second kappa shape index (κ2) is 5.09. The van der Waals surface area contributed by atoms with Crippen LogP contribution in [0, 0.1) is 0 Å². The summed E-state index contributed by atoms with van der Waals surface area (Å²) in [6.45, 7) is 0. The first kappa shape index (κ1) is 14.0. The molecule has 3 rings (SSSR count). The van der Waals surface area contributed by atoms with Gasteiger partial charge in [0.15, 0.2) is 6.29 Å². The lowest BCUT2D eigenvalue weighted by atomic mass is 10.2. The highest BCUT2D eigenvalue weighted by molar-refractivity contribution is 7.86. The maximum atomic E-state index is 11.2. The first-order valence-electron chi connectivity index (χ1n) is 6.36. The van der Waals surface area contributed by atoms with Crippen LogP contribution in [-0.4, -0.2) is 44.2 Å². The molecule has 0 radical (unpaired) electrons. The third-order valence-electron chi connectivity index (χ3n) is 3.47. The molecule has 20 heavy (non-hydrogen) atoms. The number of aliphatic hydroxyl groups is 1. The largest absolute Gasteiger partial charge is 0.390 e. The Labute approximate surface area is 117 Å². The Bertz CT molecular complexity index is 572. The molecule has 0 spiro atoms. The minimum Gasteiger partial charge on any atom is -0.390 e. The summed E-state index contributed by atoms with van der Waals surface area (Å²) in [6, 6.07) is 9.30. The van der Waals surface area contributed by atoms with Gasteiger partial charge in [0.1, 0.15) is 18.3 Å². The van der Waals surface area contributed by atoms with Crippen LogP contribution in [0.25, 0.3) is 0 Å². The van der Waals surface area contributed by atoms with Crippen LogP contribution in [0.15, 0.2) is 30.3 Å². The molecular weight excluding hydrogens is 284 g/mol. The highest BCUT2D eigenvalue weighted by Gasteiger charge is 2.52. The first-order valence-corrected chi connectivity index (χ1v) is 8.18. The van der Waals surface area contributed by atoms with Crippen LogP contribution >= 0.6 is 0 Å². The first-order chi connectivity index (χ1) is 9.44. The van der Waals surface area contributed by atoms with Crippen LogP contribution in [-0.2, 0) is 23.8 Å². The van der Waals surface area contributed by atoms with Crippen LogP contribution in [0.5, 0.6) is 0 Å². The lowest BCUT2D eigenvalue weighted by Crippen LogP contribution is -2.31. The van der Waals surface area contributed by atoms with Gasteiger partial charge in [-0.25, -0.2) is 0 Å². The van der Waals surface area contributed by atoms with Gasteiger partial charge in [0.25, 0.3) is 10.1 Å². The van der Waals surface area contributed by atoms with E-state index in [2.05, 4.69) is 0 Å². The number of rotatable bonds is 3. The smallest absolute Gasteiger partial charge is 0.264 e. The summed E-state index contributed by atoms with van der Waals surface area (Å²) in [4.78, 5) is 0. The molecule has 1 aromatic carbocycles. The Morgan fingerprint density at radius 3 is 2.50 bits per heavy atom. The van der Waals surface area contributed by atoms with E-state index in [-0.39, 0.29) is 6.42 Å². The molecular formula is C13H16O6S. The Balaban J connectivity index is 1.77. The van der Waals surface area contributed by atoms with E-state index in [0.717, 1.165) is 11.8 Å². The number of fused-ring (bicyclic) bond motifs is 1. The molecule has 2 fully saturated rings. The summed E-state index contributed by atoms with van der Waals surface area (Å²) in [5, 5.41) is 9.95. The fraction of sp³-hybridized carbons (Fsp3) is 0.538. The number of benzene rings is 1. The molecule has 2 aliphatic rings. The molecule has 1 aromatic rings. The quantitative estimate of drug-likeness (QED) is 0.822. The number of hydrogen-bond acceptors (Lipinski definition) is 6. The monoisotopic (exact) mass is 300 g/mol. The predicted octanol–water partition coefficient (Wildman–Crippen LogP) is 0.579. The van der Waals surface area contributed by atoms with E-state index in [1.807, 2.05) is 30.3 Å². The van der Waals surface area contributed by atoms with E-state index in [9.17, 15) is 13.5 Å². The molecule has 0 unspecified atom stereocenters. The standard InChI is InChI=1S/C13H16O6S/c1-20(15,16)19-10-7-9(14)11-12(10)18-13(17-11)8-5-3-2-4-6-8/h2-6,9-14H,7H2,1H3/t9-,10+,11+,12-,13-/m0/s1. The van der Waals surface area contributed by atoms with Crippen LogP contribution in [0.4, 0.5) is 0 Å². The summed E-state index contributed by atoms with van der Waals surface area (Å²) in [7, 11) is -3.60. The molecule has 1 N–H and O–H groups in total. The number of hydrogen-bond donors (Lipinski definition) is 1. The maximum absolute atomic E-state index is 11.2. The second-order valence-electron chi connectivity index (χ2n) is 5.09. The fourth-order valence-electron chi connectivity index (χ4n) is 2.67. The van der Waals surface area contributed by atoms with Gasteiger partial charge >= 0.3 is 0 Å². The van der Waals surface area contributed by atoms with E-state index in [4.69, 9.17) is 13.7 Å². The minimum atomic E-state index is -3.60. The van der Waals surface area contributed by atoms with Crippen molar-refractivity contribution in [1.82, 2.24) is 0 Å². The molecule has 1 heterocycles. The van der Waals surface area contributed by atoms with Crippen molar-refractivity contribution in [1.29, 1.82) is 0 Å². The summed E-state index contributed by atoms with van der Waals surface area (Å²) < 4.78 is 38.9. The van der Waals surface area contributed by atoms with Gasteiger partial charge in [-0.05, 0) is 0 Å². The number of aliphatic hydroxyl groups excluding tert-OH is 1. The average molecular weight is 300 g/mol. The normalized spacial score (nSPS) is 37.0. The zero-order chi connectivity index (χ0) is 14.3. The van der Waals surface area contributed by atoms with Gasteiger partial charge < -0.3 is 14.6 Å². The van der Waals surface area contributed by atoms with Crippen LogP contribution in [0.2, 0.25) is 0 Å². The highest BCUT2D eigenvalue weighted by atomic mass is 32.2. The lowest BCUT2D eigenvalue weighted by molar-refractivity contribution is -0.104. The van der Waals surface area contributed by atoms with Crippen LogP contribution in [0.3, 0.4) is 0 Å². The molecule has 6 nitrogen and oxygen atoms in total. The molecule has 110 valence electrons. The van der Waals surface area contributed by atoms with E-state index >= 15 is 0 Å². The third-order valence-corrected chi connectivity index (χ3v) is 4.07. The summed E-state index contributed by atoms with van der Waals surface area (Å²) in [5.41, 5.74) is 0.826. The summed E-state index contributed by atoms with van der Waals surface area (Å²) >= 11 is 0. The molecule has 1 aliphatic carbocycles. The van der Waals surface area contributed by atoms with Crippen molar-refractivity contribution in [3.63, 3.8) is 0 Å². The Morgan fingerprint density at radius 1 is 1.20 bits per heavy atom. The molecule has 0 amide bonds. The van der Waals surface area contributed by atoms with Crippen molar-refractivity contribution in [2.45, 2.75) is 37.1 Å². The highest BCUT2D eigenvalue weighted by Crippen LogP contribution is 2.41. The Kier molecular flexibility index (Phi) is 3.55. The van der Waals surface area contributed by atoms with Crippen molar-refractivity contribution >= 4 is 10.1 Å². The van der Waals surface area contributed by atoms with Crippen molar-refractivity contribution < 1.29 is 27.2 Å².